The predicted molar refractivity (Wildman–Crippen MR) is 76.1 cm³/mol. The number of nitriles is 1. The fraction of sp³-hybridized carbons (Fsp3) is 0. The summed E-state index contributed by atoms with van der Waals surface area (Å²) in [6, 6.07) is 15.8. The monoisotopic (exact) mass is 263 g/mol. The highest BCUT2D eigenvalue weighted by Gasteiger charge is 2.04. The van der Waals surface area contributed by atoms with Gasteiger partial charge in [-0.25, -0.2) is 4.39 Å². The fourth-order valence-corrected chi connectivity index (χ4v) is 1.98. The van der Waals surface area contributed by atoms with Gasteiger partial charge in [0.25, 0.3) is 0 Å². The Bertz CT molecular complexity index is 821. The third-order valence-electron chi connectivity index (χ3n) is 2.97. The minimum absolute atomic E-state index is 0.296. The molecule has 96 valence electrons. The first-order chi connectivity index (χ1) is 9.76. The molecule has 0 aliphatic rings. The summed E-state index contributed by atoms with van der Waals surface area (Å²) in [6.45, 7) is 0. The number of benzene rings is 2. The molecule has 0 aliphatic heterocycles. The van der Waals surface area contributed by atoms with Crippen LogP contribution in [0.4, 0.5) is 15.8 Å². The molecule has 0 radical (unpaired) electrons. The van der Waals surface area contributed by atoms with Crippen molar-refractivity contribution in [3.63, 3.8) is 0 Å². The van der Waals surface area contributed by atoms with Crippen LogP contribution in [0.1, 0.15) is 5.56 Å². The predicted octanol–water partition coefficient (Wildman–Crippen LogP) is 3.99. The molecule has 0 saturated heterocycles. The van der Waals surface area contributed by atoms with E-state index in [4.69, 9.17) is 5.26 Å². The Morgan fingerprint density at radius 2 is 1.95 bits per heavy atom. The van der Waals surface area contributed by atoms with Crippen molar-refractivity contribution in [1.82, 2.24) is 4.98 Å². The van der Waals surface area contributed by atoms with Gasteiger partial charge in [-0.3, -0.25) is 4.98 Å². The van der Waals surface area contributed by atoms with Crippen LogP contribution in [0.15, 0.2) is 54.7 Å². The molecule has 0 atom stereocenters. The van der Waals surface area contributed by atoms with E-state index in [9.17, 15) is 4.39 Å². The number of nitrogens with zero attached hydrogens (tertiary/aromatic N) is 2. The zero-order valence-electron chi connectivity index (χ0n) is 10.5. The topological polar surface area (TPSA) is 48.7 Å². The average Bonchev–Trinajstić information content (AvgIpc) is 2.49. The molecule has 20 heavy (non-hydrogen) atoms. The largest absolute Gasteiger partial charge is 0.352 e. The van der Waals surface area contributed by atoms with Gasteiger partial charge in [0.1, 0.15) is 5.82 Å². The second-order valence-electron chi connectivity index (χ2n) is 4.35. The van der Waals surface area contributed by atoms with Crippen molar-refractivity contribution in [1.29, 1.82) is 5.26 Å². The average molecular weight is 263 g/mol. The minimum Gasteiger partial charge on any atom is -0.352 e. The number of anilines is 2. The van der Waals surface area contributed by atoms with Gasteiger partial charge in [-0.15, -0.1) is 0 Å². The molecule has 0 aliphatic carbocycles. The number of para-hydroxylation sites is 1. The lowest BCUT2D eigenvalue weighted by Crippen LogP contribution is -1.95. The van der Waals surface area contributed by atoms with Crippen molar-refractivity contribution in [3.05, 3.63) is 66.1 Å². The van der Waals surface area contributed by atoms with Crippen molar-refractivity contribution in [2.45, 2.75) is 0 Å². The molecule has 1 heterocycles. The molecule has 1 aromatic heterocycles. The molecule has 0 fully saturated rings. The van der Waals surface area contributed by atoms with Gasteiger partial charge in [-0.05, 0) is 30.3 Å². The molecule has 0 amide bonds. The van der Waals surface area contributed by atoms with Crippen LogP contribution in [-0.2, 0) is 0 Å². The van der Waals surface area contributed by atoms with Gasteiger partial charge in [0.15, 0.2) is 0 Å². The lowest BCUT2D eigenvalue weighted by molar-refractivity contribution is 0.631. The van der Waals surface area contributed by atoms with Crippen LogP contribution in [0.5, 0.6) is 0 Å². The molecule has 0 bridgehead atoms. The Kier molecular flexibility index (Phi) is 3.02. The van der Waals surface area contributed by atoms with Crippen molar-refractivity contribution >= 4 is 22.3 Å². The Balaban J connectivity index is 1.95. The maximum absolute atomic E-state index is 13.8. The highest BCUT2D eigenvalue weighted by Crippen LogP contribution is 2.23. The van der Waals surface area contributed by atoms with E-state index in [0.717, 1.165) is 10.9 Å². The van der Waals surface area contributed by atoms with E-state index in [1.807, 2.05) is 36.4 Å². The van der Waals surface area contributed by atoms with Crippen LogP contribution in [0, 0.1) is 17.1 Å². The second kappa shape index (κ2) is 4.98. The van der Waals surface area contributed by atoms with E-state index in [0.29, 0.717) is 16.9 Å². The van der Waals surface area contributed by atoms with Crippen LogP contribution in [0.2, 0.25) is 0 Å². The van der Waals surface area contributed by atoms with Crippen molar-refractivity contribution in [3.8, 4) is 6.07 Å². The van der Waals surface area contributed by atoms with E-state index in [1.54, 1.807) is 18.3 Å². The Labute approximate surface area is 115 Å². The number of hydrogen-bond donors (Lipinski definition) is 1. The molecular weight excluding hydrogens is 253 g/mol. The highest BCUT2D eigenvalue weighted by molar-refractivity contribution is 5.82. The fourth-order valence-electron chi connectivity index (χ4n) is 1.98. The molecule has 3 rings (SSSR count). The van der Waals surface area contributed by atoms with E-state index >= 15 is 0 Å². The number of pyridine rings is 1. The number of rotatable bonds is 2. The van der Waals surface area contributed by atoms with Crippen molar-refractivity contribution in [2.75, 3.05) is 5.32 Å². The summed E-state index contributed by atoms with van der Waals surface area (Å²) in [4.78, 5) is 4.30. The van der Waals surface area contributed by atoms with Gasteiger partial charge >= 0.3 is 0 Å². The zero-order chi connectivity index (χ0) is 13.9. The smallest absolute Gasteiger partial charge is 0.147 e. The molecule has 1 N–H and O–H groups in total. The van der Waals surface area contributed by atoms with Gasteiger partial charge in [0.2, 0.25) is 0 Å². The summed E-state index contributed by atoms with van der Waals surface area (Å²) in [5, 5.41) is 12.7. The minimum atomic E-state index is -0.461. The van der Waals surface area contributed by atoms with Crippen LogP contribution in [0.3, 0.4) is 0 Å². The molecule has 0 unspecified atom stereocenters. The molecular formula is C16H10FN3. The number of nitrogens with one attached hydrogen (secondary N) is 1. The molecule has 3 aromatic rings. The van der Waals surface area contributed by atoms with Crippen LogP contribution >= 0.6 is 0 Å². The molecule has 0 saturated carbocycles. The maximum Gasteiger partial charge on any atom is 0.147 e. The lowest BCUT2D eigenvalue weighted by Gasteiger charge is -2.08. The third-order valence-corrected chi connectivity index (χ3v) is 2.97. The standard InChI is InChI=1S/C16H10FN3/c17-14-7-11(9-18)5-6-16(14)20-13-8-12-3-1-2-4-15(12)19-10-13/h1-8,10,20H. The number of fused-ring (bicyclic) bond motifs is 1. The second-order valence-corrected chi connectivity index (χ2v) is 4.35. The van der Waals surface area contributed by atoms with Crippen LogP contribution in [-0.4, -0.2) is 4.98 Å². The van der Waals surface area contributed by atoms with Gasteiger partial charge in [-0.1, -0.05) is 18.2 Å². The number of aromatic nitrogens is 1. The van der Waals surface area contributed by atoms with E-state index in [1.165, 1.54) is 6.07 Å². The normalized spacial score (nSPS) is 10.2. The van der Waals surface area contributed by atoms with Crippen LogP contribution < -0.4 is 5.32 Å². The van der Waals surface area contributed by atoms with Crippen molar-refractivity contribution < 1.29 is 4.39 Å². The van der Waals surface area contributed by atoms with Gasteiger partial charge in [-0.2, -0.15) is 5.26 Å². The van der Waals surface area contributed by atoms with Crippen molar-refractivity contribution in [2.24, 2.45) is 0 Å². The summed E-state index contributed by atoms with van der Waals surface area (Å²) in [6.07, 6.45) is 1.65. The highest BCUT2D eigenvalue weighted by atomic mass is 19.1. The first kappa shape index (κ1) is 12.1. The summed E-state index contributed by atoms with van der Waals surface area (Å²) >= 11 is 0. The SMILES string of the molecule is N#Cc1ccc(Nc2cnc3ccccc3c2)c(F)c1. The summed E-state index contributed by atoms with van der Waals surface area (Å²) < 4.78 is 13.8. The molecule has 3 nitrogen and oxygen atoms in total. The Hall–Kier alpha value is -2.93. The third kappa shape index (κ3) is 2.29. The van der Waals surface area contributed by atoms with Gasteiger partial charge in [0.05, 0.1) is 34.7 Å². The van der Waals surface area contributed by atoms with E-state index in [-0.39, 0.29) is 0 Å². The molecule has 0 spiro atoms. The Morgan fingerprint density at radius 3 is 2.75 bits per heavy atom. The quantitative estimate of drug-likeness (QED) is 0.760. The van der Waals surface area contributed by atoms with E-state index < -0.39 is 5.82 Å². The summed E-state index contributed by atoms with van der Waals surface area (Å²) in [7, 11) is 0. The maximum atomic E-state index is 13.8. The van der Waals surface area contributed by atoms with Crippen LogP contribution in [0.25, 0.3) is 10.9 Å². The zero-order valence-corrected chi connectivity index (χ0v) is 10.5. The summed E-state index contributed by atoms with van der Waals surface area (Å²) in [5.41, 5.74) is 2.21. The lowest BCUT2D eigenvalue weighted by atomic mass is 10.2. The van der Waals surface area contributed by atoms with E-state index in [2.05, 4.69) is 10.3 Å². The number of halogens is 1. The number of hydrogen-bond acceptors (Lipinski definition) is 3. The first-order valence-electron chi connectivity index (χ1n) is 6.08. The molecule has 4 heteroatoms. The molecule has 2 aromatic carbocycles. The Morgan fingerprint density at radius 1 is 1.10 bits per heavy atom. The summed E-state index contributed by atoms with van der Waals surface area (Å²) in [5.74, 6) is -0.461. The first-order valence-corrected chi connectivity index (χ1v) is 6.08. The van der Waals surface area contributed by atoms with Gasteiger partial charge in [0, 0.05) is 5.39 Å². The van der Waals surface area contributed by atoms with Gasteiger partial charge < -0.3 is 5.32 Å².